The topological polar surface area (TPSA) is 24.7 Å². The standard InChI is InChI=1S/C9H11.C5H4S.C3H2N2.2ClH.Ru/c1-7-5-4-6-8(2)9(7)3;1-5-3-2-4-6-5;1-2-5-3-4-1;;;/h4-5H,1-3H3;1-4H;1-2H;2*1H;. The van der Waals surface area contributed by atoms with Gasteiger partial charge in [-0.2, -0.15) is 0 Å². The normalized spacial score (nSPS) is 13.8. The summed E-state index contributed by atoms with van der Waals surface area (Å²) in [4.78, 5) is 10.3. The van der Waals surface area contributed by atoms with Gasteiger partial charge in [-0.05, 0) is 0 Å². The summed E-state index contributed by atoms with van der Waals surface area (Å²) >= 11 is 0.210. The molecule has 23 heavy (non-hydrogen) atoms. The molecule has 0 spiro atoms. The molecule has 0 radical (unpaired) electrons. The maximum absolute atomic E-state index is 4.49. The van der Waals surface area contributed by atoms with Crippen molar-refractivity contribution in [2.45, 2.75) is 20.8 Å². The summed E-state index contributed by atoms with van der Waals surface area (Å²) in [5.74, 6) is 0. The Morgan fingerprint density at radius 3 is 2.26 bits per heavy atom. The van der Waals surface area contributed by atoms with Crippen molar-refractivity contribution >= 4 is 61.7 Å². The van der Waals surface area contributed by atoms with Crippen LogP contribution in [0.1, 0.15) is 21.6 Å². The fraction of sp³-hybridized carbons (Fsp3) is 0.176. The monoisotopic (exact) mass is 455 g/mol. The average Bonchev–Trinajstić information content (AvgIpc) is 3.16. The number of hydrogen-bond donors (Lipinski definition) is 0. The minimum atomic E-state index is -1.57. The molecule has 0 saturated carbocycles. The first kappa shape index (κ1) is 20.2. The first-order valence-electron chi connectivity index (χ1n) is 6.70. The summed E-state index contributed by atoms with van der Waals surface area (Å²) < 4.78 is 4.85. The van der Waals surface area contributed by atoms with E-state index in [1.54, 1.807) is 23.8 Å². The van der Waals surface area contributed by atoms with Crippen molar-refractivity contribution in [2.24, 2.45) is 9.98 Å². The first-order chi connectivity index (χ1) is 10.2. The summed E-state index contributed by atoms with van der Waals surface area (Å²) in [6, 6.07) is 8.77. The van der Waals surface area contributed by atoms with Crippen molar-refractivity contribution in [2.75, 3.05) is 0 Å². The van der Waals surface area contributed by atoms with Crippen molar-refractivity contribution in [1.82, 2.24) is 0 Å². The molecule has 3 rings (SSSR count). The van der Waals surface area contributed by atoms with E-state index in [2.05, 4.69) is 65.0 Å². The Labute approximate surface area is 158 Å². The van der Waals surface area contributed by atoms with Crippen molar-refractivity contribution in [3.05, 3.63) is 51.2 Å². The van der Waals surface area contributed by atoms with E-state index in [9.17, 15) is 0 Å². The second-order valence-electron chi connectivity index (χ2n) is 4.83. The molecule has 2 aromatic rings. The molecule has 6 heteroatoms. The molecule has 0 amide bonds. The molecule has 0 fully saturated rings. The third-order valence-corrected chi connectivity index (χ3v) is 8.95. The SMILES string of the molecule is Cc1cc[c]([Ru](=[CH]c2cccs2)=[C]2N=CC=N2)c(C)c1C.Cl.Cl. The van der Waals surface area contributed by atoms with Crippen LogP contribution in [0.25, 0.3) is 0 Å². The van der Waals surface area contributed by atoms with Gasteiger partial charge < -0.3 is 0 Å². The zero-order valence-electron chi connectivity index (χ0n) is 13.1. The summed E-state index contributed by atoms with van der Waals surface area (Å²) in [6.07, 6.45) is 3.60. The van der Waals surface area contributed by atoms with Crippen LogP contribution in [0.4, 0.5) is 0 Å². The van der Waals surface area contributed by atoms with Crippen molar-refractivity contribution < 1.29 is 15.0 Å². The number of rotatable bonds is 2. The van der Waals surface area contributed by atoms with Gasteiger partial charge in [-0.3, -0.25) is 0 Å². The average molecular weight is 455 g/mol. The minimum Gasteiger partial charge on any atom is -0.147 e. The van der Waals surface area contributed by atoms with Crippen LogP contribution >= 0.6 is 36.2 Å². The van der Waals surface area contributed by atoms with Gasteiger partial charge in [0, 0.05) is 0 Å². The van der Waals surface area contributed by atoms with Crippen molar-refractivity contribution in [3.63, 3.8) is 0 Å². The Morgan fingerprint density at radius 1 is 0.957 bits per heavy atom. The zero-order valence-corrected chi connectivity index (χ0v) is 17.3. The number of thiophene rings is 1. The molecule has 0 atom stereocenters. The van der Waals surface area contributed by atoms with Gasteiger partial charge in [0.2, 0.25) is 0 Å². The summed E-state index contributed by atoms with van der Waals surface area (Å²) in [6.45, 7) is 6.60. The third-order valence-electron chi connectivity index (χ3n) is 3.52. The van der Waals surface area contributed by atoms with E-state index in [0.717, 1.165) is 4.35 Å². The van der Waals surface area contributed by atoms with E-state index < -0.39 is 15.0 Å². The van der Waals surface area contributed by atoms with Gasteiger partial charge in [-0.25, -0.2) is 0 Å². The maximum atomic E-state index is 4.49. The largest absolute Gasteiger partial charge is 0.147 e. The number of halogens is 2. The van der Waals surface area contributed by atoms with E-state index in [1.807, 2.05) is 0 Å². The van der Waals surface area contributed by atoms with Crippen molar-refractivity contribution in [3.8, 4) is 0 Å². The molecule has 1 aromatic heterocycles. The predicted octanol–water partition coefficient (Wildman–Crippen LogP) is 3.85. The number of nitrogens with zero attached hydrogens (tertiary/aromatic N) is 2. The summed E-state index contributed by atoms with van der Waals surface area (Å²) in [5.41, 5.74) is 4.13. The van der Waals surface area contributed by atoms with Gasteiger partial charge in [0.15, 0.2) is 0 Å². The molecule has 125 valence electrons. The van der Waals surface area contributed by atoms with Gasteiger partial charge in [-0.1, -0.05) is 0 Å². The first-order valence-corrected chi connectivity index (χ1v) is 10.3. The Balaban J connectivity index is 0.00000132. The Morgan fingerprint density at radius 2 is 1.65 bits per heavy atom. The molecule has 0 saturated heterocycles. The number of aliphatic imine (C=N–C) groups is 2. The molecule has 0 aliphatic carbocycles. The second kappa shape index (κ2) is 8.89. The Hall–Kier alpha value is -0.797. The van der Waals surface area contributed by atoms with E-state index in [1.165, 1.54) is 25.7 Å². The van der Waals surface area contributed by atoms with E-state index in [4.69, 9.17) is 0 Å². The van der Waals surface area contributed by atoms with Crippen LogP contribution in [0.2, 0.25) is 0 Å². The molecule has 0 unspecified atom stereocenters. The molecule has 1 aliphatic rings. The second-order valence-corrected chi connectivity index (χ2v) is 9.46. The van der Waals surface area contributed by atoms with Gasteiger partial charge in [0.25, 0.3) is 0 Å². The quantitative estimate of drug-likeness (QED) is 0.615. The van der Waals surface area contributed by atoms with Crippen LogP contribution in [-0.2, 0) is 15.0 Å². The number of benzene rings is 1. The molecule has 1 aliphatic heterocycles. The smallest absolute Gasteiger partial charge is 0.147 e. The molecule has 0 bridgehead atoms. The molecule has 1 aromatic carbocycles. The number of aryl methyl sites for hydroxylation is 1. The van der Waals surface area contributed by atoms with E-state index in [0.29, 0.717) is 0 Å². The molecule has 2 heterocycles. The summed E-state index contributed by atoms with van der Waals surface area (Å²) in [5, 5.41) is 2.12. The van der Waals surface area contributed by atoms with Crippen LogP contribution < -0.4 is 4.16 Å². The van der Waals surface area contributed by atoms with E-state index in [-0.39, 0.29) is 24.8 Å². The van der Waals surface area contributed by atoms with Gasteiger partial charge in [-0.15, -0.1) is 24.8 Å². The fourth-order valence-electron chi connectivity index (χ4n) is 2.08. The van der Waals surface area contributed by atoms with Gasteiger partial charge in [0.05, 0.1) is 0 Å². The number of hydrogen-bond acceptors (Lipinski definition) is 3. The predicted molar refractivity (Wildman–Crippen MR) is 106 cm³/mol. The van der Waals surface area contributed by atoms with Crippen LogP contribution in [0.5, 0.6) is 0 Å². The molecular weight excluding hydrogens is 436 g/mol. The third kappa shape index (κ3) is 4.39. The van der Waals surface area contributed by atoms with Crippen molar-refractivity contribution in [1.29, 1.82) is 0 Å². The maximum Gasteiger partial charge on any atom is -0.147 e. The van der Waals surface area contributed by atoms with Crippen LogP contribution in [0, 0.1) is 20.8 Å². The van der Waals surface area contributed by atoms with Crippen LogP contribution in [0.3, 0.4) is 0 Å². The molecule has 0 N–H and O–H groups in total. The fourth-order valence-corrected chi connectivity index (χ4v) is 7.25. The molecule has 2 nitrogen and oxygen atoms in total. The molecular formula is C17H19Cl2N2RuS. The van der Waals surface area contributed by atoms with Crippen LogP contribution in [-0.4, -0.2) is 21.4 Å². The Kier molecular flexibility index (Phi) is 7.83. The van der Waals surface area contributed by atoms with Gasteiger partial charge in [0.1, 0.15) is 0 Å². The zero-order chi connectivity index (χ0) is 14.8. The van der Waals surface area contributed by atoms with E-state index >= 15 is 0 Å². The van der Waals surface area contributed by atoms with Crippen LogP contribution in [0.15, 0.2) is 39.6 Å². The summed E-state index contributed by atoms with van der Waals surface area (Å²) in [7, 11) is 0. The van der Waals surface area contributed by atoms with Gasteiger partial charge >= 0.3 is 134 Å². The minimum absolute atomic E-state index is 0. The Bertz CT molecular complexity index is 817.